The van der Waals surface area contributed by atoms with E-state index in [-0.39, 0.29) is 16.7 Å². The van der Waals surface area contributed by atoms with Gasteiger partial charge in [0.2, 0.25) is 15.9 Å². The van der Waals surface area contributed by atoms with Crippen molar-refractivity contribution in [1.82, 2.24) is 19.4 Å². The molecule has 3 rings (SSSR count). The standard InChI is InChI=1S/C22H34N4O5S/c1-3-18-6-7-19(16-20(18)32(29,30)26-12-14-31-15-13-26)22(28)25-9-5-8-24(10-11-25)17-21(27)23-4-2/h6-7,16H,3-5,8-15,17H2,1-2H3,(H,23,27). The minimum atomic E-state index is -3.70. The van der Waals surface area contributed by atoms with Crippen LogP contribution >= 0.6 is 0 Å². The first-order valence-electron chi connectivity index (χ1n) is 11.4. The average molecular weight is 467 g/mol. The fraction of sp³-hybridized carbons (Fsp3) is 0.636. The first-order chi connectivity index (χ1) is 15.4. The first kappa shape index (κ1) is 24.6. The summed E-state index contributed by atoms with van der Waals surface area (Å²) in [6.45, 7) is 8.52. The van der Waals surface area contributed by atoms with Gasteiger partial charge in [-0.05, 0) is 37.5 Å². The molecule has 10 heteroatoms. The molecule has 0 saturated carbocycles. The van der Waals surface area contributed by atoms with E-state index in [9.17, 15) is 18.0 Å². The highest BCUT2D eigenvalue weighted by molar-refractivity contribution is 7.89. The van der Waals surface area contributed by atoms with Crippen molar-refractivity contribution in [2.75, 3.05) is 65.6 Å². The minimum absolute atomic E-state index is 0.0135. The molecule has 9 nitrogen and oxygen atoms in total. The molecule has 0 aliphatic carbocycles. The number of nitrogens with zero attached hydrogens (tertiary/aromatic N) is 3. The molecule has 0 spiro atoms. The highest BCUT2D eigenvalue weighted by Gasteiger charge is 2.30. The summed E-state index contributed by atoms with van der Waals surface area (Å²) in [4.78, 5) is 29.1. The molecule has 1 aromatic carbocycles. The molecule has 2 heterocycles. The van der Waals surface area contributed by atoms with E-state index in [2.05, 4.69) is 5.32 Å². The third kappa shape index (κ3) is 5.86. The average Bonchev–Trinajstić information content (AvgIpc) is 3.04. The highest BCUT2D eigenvalue weighted by Crippen LogP contribution is 2.24. The maximum atomic E-state index is 13.3. The zero-order valence-corrected chi connectivity index (χ0v) is 19.8. The van der Waals surface area contributed by atoms with Crippen molar-refractivity contribution in [3.05, 3.63) is 29.3 Å². The Morgan fingerprint density at radius 2 is 1.78 bits per heavy atom. The second kappa shape index (κ2) is 11.2. The van der Waals surface area contributed by atoms with Crippen molar-refractivity contribution in [3.8, 4) is 0 Å². The van der Waals surface area contributed by atoms with Crippen molar-refractivity contribution in [2.24, 2.45) is 0 Å². The van der Waals surface area contributed by atoms with E-state index in [4.69, 9.17) is 4.74 Å². The van der Waals surface area contributed by atoms with Crippen LogP contribution in [0.1, 0.15) is 36.2 Å². The lowest BCUT2D eigenvalue weighted by Gasteiger charge is -2.27. The van der Waals surface area contributed by atoms with Crippen LogP contribution in [-0.4, -0.2) is 99.9 Å². The van der Waals surface area contributed by atoms with Crippen molar-refractivity contribution in [3.63, 3.8) is 0 Å². The van der Waals surface area contributed by atoms with Gasteiger partial charge in [-0.15, -0.1) is 0 Å². The lowest BCUT2D eigenvalue weighted by atomic mass is 10.1. The Morgan fingerprint density at radius 1 is 1.03 bits per heavy atom. The molecule has 0 atom stereocenters. The smallest absolute Gasteiger partial charge is 0.253 e. The van der Waals surface area contributed by atoms with Crippen LogP contribution in [0.25, 0.3) is 0 Å². The number of ether oxygens (including phenoxy) is 1. The predicted octanol–water partition coefficient (Wildman–Crippen LogP) is 0.554. The van der Waals surface area contributed by atoms with E-state index in [1.165, 1.54) is 10.4 Å². The van der Waals surface area contributed by atoms with E-state index < -0.39 is 10.0 Å². The maximum absolute atomic E-state index is 13.3. The summed E-state index contributed by atoms with van der Waals surface area (Å²) in [5.41, 5.74) is 1.09. The van der Waals surface area contributed by atoms with Crippen LogP contribution in [0.15, 0.2) is 23.1 Å². The monoisotopic (exact) mass is 466 g/mol. The Balaban J connectivity index is 1.75. The SMILES string of the molecule is CCNC(=O)CN1CCCN(C(=O)c2ccc(CC)c(S(=O)(=O)N3CCOCC3)c2)CC1. The Hall–Kier alpha value is -2.01. The van der Waals surface area contributed by atoms with Crippen molar-refractivity contribution in [1.29, 1.82) is 0 Å². The molecule has 32 heavy (non-hydrogen) atoms. The largest absolute Gasteiger partial charge is 0.379 e. The summed E-state index contributed by atoms with van der Waals surface area (Å²) < 4.78 is 33.3. The Kier molecular flexibility index (Phi) is 8.64. The second-order valence-electron chi connectivity index (χ2n) is 8.07. The molecular formula is C22H34N4O5S. The van der Waals surface area contributed by atoms with Crippen LogP contribution in [0.3, 0.4) is 0 Å². The lowest BCUT2D eigenvalue weighted by molar-refractivity contribution is -0.122. The number of nitrogens with one attached hydrogen (secondary N) is 1. The molecular weight excluding hydrogens is 432 g/mol. The zero-order chi connectivity index (χ0) is 23.1. The van der Waals surface area contributed by atoms with Crippen LogP contribution in [-0.2, 0) is 26.0 Å². The van der Waals surface area contributed by atoms with Gasteiger partial charge in [0.25, 0.3) is 5.91 Å². The quantitative estimate of drug-likeness (QED) is 0.630. The van der Waals surface area contributed by atoms with Gasteiger partial charge >= 0.3 is 0 Å². The van der Waals surface area contributed by atoms with Crippen LogP contribution in [0.2, 0.25) is 0 Å². The van der Waals surface area contributed by atoms with Gasteiger partial charge in [-0.2, -0.15) is 4.31 Å². The van der Waals surface area contributed by atoms with Crippen LogP contribution in [0, 0.1) is 0 Å². The molecule has 1 N–H and O–H groups in total. The second-order valence-corrected chi connectivity index (χ2v) is 9.97. The number of hydrogen-bond acceptors (Lipinski definition) is 6. The Bertz CT molecular complexity index is 915. The number of benzene rings is 1. The van der Waals surface area contributed by atoms with Gasteiger partial charge in [0.1, 0.15) is 0 Å². The number of carbonyl (C=O) groups excluding carboxylic acids is 2. The summed E-state index contributed by atoms with van der Waals surface area (Å²) in [5, 5.41) is 2.80. The Labute approximate surface area is 190 Å². The molecule has 0 unspecified atom stereocenters. The van der Waals surface area contributed by atoms with E-state index in [1.54, 1.807) is 17.0 Å². The van der Waals surface area contributed by atoms with E-state index >= 15 is 0 Å². The fourth-order valence-electron chi connectivity index (χ4n) is 4.12. The van der Waals surface area contributed by atoms with Crippen molar-refractivity contribution >= 4 is 21.8 Å². The van der Waals surface area contributed by atoms with Gasteiger partial charge < -0.3 is 15.0 Å². The van der Waals surface area contributed by atoms with Gasteiger partial charge in [0, 0.05) is 51.4 Å². The predicted molar refractivity (Wildman–Crippen MR) is 121 cm³/mol. The third-order valence-electron chi connectivity index (χ3n) is 5.90. The molecule has 2 fully saturated rings. The number of amides is 2. The van der Waals surface area contributed by atoms with E-state index in [0.29, 0.717) is 76.6 Å². The third-order valence-corrected chi connectivity index (χ3v) is 7.88. The van der Waals surface area contributed by atoms with Gasteiger partial charge in [-0.1, -0.05) is 13.0 Å². The molecule has 2 amide bonds. The topological polar surface area (TPSA) is 99.3 Å². The summed E-state index contributed by atoms with van der Waals surface area (Å²) in [5.74, 6) is -0.189. The molecule has 178 valence electrons. The van der Waals surface area contributed by atoms with Gasteiger partial charge in [-0.25, -0.2) is 8.42 Å². The number of rotatable bonds is 7. The minimum Gasteiger partial charge on any atom is -0.379 e. The van der Waals surface area contributed by atoms with Crippen LogP contribution in [0.5, 0.6) is 0 Å². The van der Waals surface area contributed by atoms with E-state index in [0.717, 1.165) is 13.0 Å². The van der Waals surface area contributed by atoms with Crippen molar-refractivity contribution in [2.45, 2.75) is 31.6 Å². The van der Waals surface area contributed by atoms with Crippen LogP contribution < -0.4 is 5.32 Å². The normalized spacial score (nSPS) is 18.9. The number of aryl methyl sites for hydroxylation is 1. The first-order valence-corrected chi connectivity index (χ1v) is 12.8. The van der Waals surface area contributed by atoms with Crippen LogP contribution in [0.4, 0.5) is 0 Å². The number of carbonyl (C=O) groups is 2. The molecule has 1 aromatic rings. The molecule has 2 aliphatic rings. The van der Waals surface area contributed by atoms with E-state index in [1.807, 2.05) is 18.7 Å². The number of sulfonamides is 1. The number of hydrogen-bond donors (Lipinski definition) is 1. The molecule has 0 radical (unpaired) electrons. The zero-order valence-electron chi connectivity index (χ0n) is 19.0. The lowest BCUT2D eigenvalue weighted by Crippen LogP contribution is -2.41. The molecule has 0 aromatic heterocycles. The summed E-state index contributed by atoms with van der Waals surface area (Å²) in [7, 11) is -3.70. The molecule has 0 bridgehead atoms. The maximum Gasteiger partial charge on any atom is 0.253 e. The number of morpholine rings is 1. The molecule has 2 aliphatic heterocycles. The summed E-state index contributed by atoms with van der Waals surface area (Å²) >= 11 is 0. The Morgan fingerprint density at radius 3 is 2.47 bits per heavy atom. The van der Waals surface area contributed by atoms with Gasteiger partial charge in [0.15, 0.2) is 0 Å². The van der Waals surface area contributed by atoms with Crippen molar-refractivity contribution < 1.29 is 22.7 Å². The number of likely N-dealkylation sites (N-methyl/N-ethyl adjacent to an activating group) is 1. The fourth-order valence-corrected chi connectivity index (χ4v) is 5.84. The highest BCUT2D eigenvalue weighted by atomic mass is 32.2. The molecule has 2 saturated heterocycles. The van der Waals surface area contributed by atoms with Gasteiger partial charge in [0.05, 0.1) is 24.7 Å². The van der Waals surface area contributed by atoms with Gasteiger partial charge in [-0.3, -0.25) is 14.5 Å². The summed E-state index contributed by atoms with van der Waals surface area (Å²) in [6, 6.07) is 5.00. The summed E-state index contributed by atoms with van der Waals surface area (Å²) in [6.07, 6.45) is 1.32.